The Hall–Kier alpha value is -1.77. The summed E-state index contributed by atoms with van der Waals surface area (Å²) in [7, 11) is 0. The van der Waals surface area contributed by atoms with E-state index in [0.717, 1.165) is 81.0 Å². The predicted octanol–water partition coefficient (Wildman–Crippen LogP) is 5.31. The van der Waals surface area contributed by atoms with Crippen molar-refractivity contribution in [3.8, 4) is 5.75 Å². The van der Waals surface area contributed by atoms with Gasteiger partial charge in [-0.05, 0) is 90.2 Å². The maximum absolute atomic E-state index is 12.8. The minimum Gasteiger partial charge on any atom is -0.489 e. The normalized spacial score (nSPS) is 19.1. The molecule has 0 aliphatic carbocycles. The van der Waals surface area contributed by atoms with Crippen LogP contribution in [0.3, 0.4) is 0 Å². The van der Waals surface area contributed by atoms with E-state index in [1.165, 1.54) is 17.7 Å². The van der Waals surface area contributed by atoms with Crippen LogP contribution in [0, 0.1) is 0 Å². The van der Waals surface area contributed by atoms with E-state index in [9.17, 15) is 13.2 Å². The van der Waals surface area contributed by atoms with Gasteiger partial charge in [-0.25, -0.2) is 0 Å². The molecule has 2 aliphatic heterocycles. The van der Waals surface area contributed by atoms with Gasteiger partial charge < -0.3 is 15.0 Å². The van der Waals surface area contributed by atoms with Crippen LogP contribution >= 0.6 is 15.9 Å². The Balaban J connectivity index is 1.32. The van der Waals surface area contributed by atoms with Crippen molar-refractivity contribution < 1.29 is 17.9 Å². The lowest BCUT2D eigenvalue weighted by Gasteiger charge is -2.25. The number of halogens is 4. The van der Waals surface area contributed by atoms with E-state index in [1.54, 1.807) is 12.1 Å². The first-order valence-electron chi connectivity index (χ1n) is 11.2. The molecule has 2 saturated heterocycles. The molecule has 0 radical (unpaired) electrons. The Morgan fingerprint density at radius 2 is 1.72 bits per heavy atom. The van der Waals surface area contributed by atoms with Crippen molar-refractivity contribution in [2.24, 2.45) is 0 Å². The van der Waals surface area contributed by atoms with Crippen molar-refractivity contribution in [1.82, 2.24) is 10.2 Å². The third-order valence-corrected chi connectivity index (χ3v) is 6.75. The summed E-state index contributed by atoms with van der Waals surface area (Å²) < 4.78 is 45.6. The maximum Gasteiger partial charge on any atom is 0.416 e. The average Bonchev–Trinajstić information content (AvgIpc) is 3.01. The molecule has 2 aromatic carbocycles. The molecule has 0 saturated carbocycles. The van der Waals surface area contributed by atoms with Crippen molar-refractivity contribution in [1.29, 1.82) is 0 Å². The number of rotatable bonds is 5. The Bertz CT molecular complexity index is 885. The topological polar surface area (TPSA) is 27.7 Å². The fourth-order valence-electron chi connectivity index (χ4n) is 4.34. The average molecular weight is 512 g/mol. The Morgan fingerprint density at radius 3 is 2.41 bits per heavy atom. The lowest BCUT2D eigenvalue weighted by atomic mass is 10.1. The van der Waals surface area contributed by atoms with Crippen LogP contribution < -0.4 is 15.0 Å². The standard InChI is InChI=1S/C24H29BrF3N3O/c25-22-16-18(2-7-23(22)32-21-8-10-29-11-9-21)17-30-12-1-13-31(15-14-30)20-5-3-19(4-6-20)24(26,27)28/h2-7,16,21,29H,1,8-15,17H2. The molecule has 32 heavy (non-hydrogen) atoms. The van der Waals surface area contributed by atoms with E-state index in [1.807, 2.05) is 6.07 Å². The number of hydrogen-bond acceptors (Lipinski definition) is 4. The Labute approximate surface area is 195 Å². The molecule has 8 heteroatoms. The lowest BCUT2D eigenvalue weighted by Crippen LogP contribution is -2.34. The smallest absolute Gasteiger partial charge is 0.416 e. The van der Waals surface area contributed by atoms with Gasteiger partial charge in [0, 0.05) is 38.4 Å². The van der Waals surface area contributed by atoms with Crippen molar-refractivity contribution in [2.75, 3.05) is 44.2 Å². The number of benzene rings is 2. The summed E-state index contributed by atoms with van der Waals surface area (Å²) >= 11 is 3.67. The number of hydrogen-bond donors (Lipinski definition) is 1. The van der Waals surface area contributed by atoms with Gasteiger partial charge in [0.1, 0.15) is 11.9 Å². The third kappa shape index (κ3) is 6.17. The molecule has 4 rings (SSSR count). The number of ether oxygens (including phenoxy) is 1. The van der Waals surface area contributed by atoms with Gasteiger partial charge in [0.15, 0.2) is 0 Å². The van der Waals surface area contributed by atoms with Crippen molar-refractivity contribution in [3.05, 3.63) is 58.1 Å². The highest BCUT2D eigenvalue weighted by Crippen LogP contribution is 2.31. The van der Waals surface area contributed by atoms with Gasteiger partial charge in [0.25, 0.3) is 0 Å². The maximum atomic E-state index is 12.8. The molecule has 0 spiro atoms. The van der Waals surface area contributed by atoms with Gasteiger partial charge >= 0.3 is 6.18 Å². The molecule has 174 valence electrons. The fraction of sp³-hybridized carbons (Fsp3) is 0.500. The van der Waals surface area contributed by atoms with E-state index in [-0.39, 0.29) is 6.10 Å². The van der Waals surface area contributed by atoms with Gasteiger partial charge in [-0.1, -0.05) is 6.07 Å². The molecule has 2 aromatic rings. The molecule has 1 N–H and O–H groups in total. The van der Waals surface area contributed by atoms with E-state index >= 15 is 0 Å². The number of nitrogens with zero attached hydrogens (tertiary/aromatic N) is 2. The van der Waals surface area contributed by atoms with E-state index < -0.39 is 11.7 Å². The zero-order chi connectivity index (χ0) is 22.6. The number of nitrogens with one attached hydrogen (secondary N) is 1. The van der Waals surface area contributed by atoms with Gasteiger partial charge in [0.05, 0.1) is 10.0 Å². The van der Waals surface area contributed by atoms with Crippen LogP contribution in [0.4, 0.5) is 18.9 Å². The summed E-state index contributed by atoms with van der Waals surface area (Å²) in [5, 5.41) is 3.35. The van der Waals surface area contributed by atoms with Crippen molar-refractivity contribution in [3.63, 3.8) is 0 Å². The number of alkyl halides is 3. The molecule has 0 unspecified atom stereocenters. The second-order valence-electron chi connectivity index (χ2n) is 8.49. The SMILES string of the molecule is FC(F)(F)c1ccc(N2CCCN(Cc3ccc(OC4CCNCC4)c(Br)c3)CC2)cc1. The van der Waals surface area contributed by atoms with Crippen LogP contribution in [0.1, 0.15) is 30.4 Å². The zero-order valence-electron chi connectivity index (χ0n) is 18.0. The second kappa shape index (κ2) is 10.4. The first-order chi connectivity index (χ1) is 15.4. The van der Waals surface area contributed by atoms with E-state index in [0.29, 0.717) is 0 Å². The second-order valence-corrected chi connectivity index (χ2v) is 9.35. The highest BCUT2D eigenvalue weighted by molar-refractivity contribution is 9.10. The molecule has 4 nitrogen and oxygen atoms in total. The van der Waals surface area contributed by atoms with Gasteiger partial charge in [-0.3, -0.25) is 4.90 Å². The molecule has 2 heterocycles. The minimum absolute atomic E-state index is 0.264. The van der Waals surface area contributed by atoms with Crippen LogP contribution in [0.5, 0.6) is 5.75 Å². The van der Waals surface area contributed by atoms with Crippen LogP contribution in [0.2, 0.25) is 0 Å². The highest BCUT2D eigenvalue weighted by Gasteiger charge is 2.30. The molecule has 2 aliphatic rings. The number of piperidine rings is 1. The molecule has 0 aromatic heterocycles. The van der Waals surface area contributed by atoms with Crippen LogP contribution in [-0.4, -0.2) is 50.3 Å². The molecular weight excluding hydrogens is 483 g/mol. The van der Waals surface area contributed by atoms with E-state index in [2.05, 4.69) is 43.2 Å². The monoisotopic (exact) mass is 511 g/mol. The summed E-state index contributed by atoms with van der Waals surface area (Å²) in [5.74, 6) is 0.894. The van der Waals surface area contributed by atoms with Crippen molar-refractivity contribution >= 4 is 21.6 Å². The summed E-state index contributed by atoms with van der Waals surface area (Å²) in [6.45, 7) is 6.30. The Morgan fingerprint density at radius 1 is 0.969 bits per heavy atom. The van der Waals surface area contributed by atoms with E-state index in [4.69, 9.17) is 4.74 Å². The Kier molecular flexibility index (Phi) is 7.63. The zero-order valence-corrected chi connectivity index (χ0v) is 19.6. The van der Waals surface area contributed by atoms with Crippen LogP contribution in [-0.2, 0) is 12.7 Å². The first-order valence-corrected chi connectivity index (χ1v) is 12.0. The molecule has 0 bridgehead atoms. The lowest BCUT2D eigenvalue weighted by molar-refractivity contribution is -0.137. The predicted molar refractivity (Wildman–Crippen MR) is 124 cm³/mol. The molecule has 0 atom stereocenters. The van der Waals surface area contributed by atoms with Gasteiger partial charge in [-0.2, -0.15) is 13.2 Å². The highest BCUT2D eigenvalue weighted by atomic mass is 79.9. The fourth-order valence-corrected chi connectivity index (χ4v) is 4.86. The first kappa shape index (κ1) is 23.4. The third-order valence-electron chi connectivity index (χ3n) is 6.13. The molecular formula is C24H29BrF3N3O. The summed E-state index contributed by atoms with van der Waals surface area (Å²) in [6.07, 6.45) is -1.01. The van der Waals surface area contributed by atoms with Gasteiger partial charge in [0.2, 0.25) is 0 Å². The molecule has 0 amide bonds. The largest absolute Gasteiger partial charge is 0.489 e. The molecule has 2 fully saturated rings. The summed E-state index contributed by atoms with van der Waals surface area (Å²) in [4.78, 5) is 4.57. The quantitative estimate of drug-likeness (QED) is 0.588. The number of anilines is 1. The summed E-state index contributed by atoms with van der Waals surface area (Å²) in [6, 6.07) is 11.8. The van der Waals surface area contributed by atoms with Crippen LogP contribution in [0.25, 0.3) is 0 Å². The van der Waals surface area contributed by atoms with Crippen LogP contribution in [0.15, 0.2) is 46.9 Å². The van der Waals surface area contributed by atoms with Gasteiger partial charge in [-0.15, -0.1) is 0 Å². The summed E-state index contributed by atoms with van der Waals surface area (Å²) in [5.41, 5.74) is 1.47. The minimum atomic E-state index is -4.30. The van der Waals surface area contributed by atoms with Crippen molar-refractivity contribution in [2.45, 2.75) is 38.1 Å².